The van der Waals surface area contributed by atoms with Gasteiger partial charge < -0.3 is 15.7 Å². The molecule has 0 radical (unpaired) electrons. The number of hydrogen-bond donors (Lipinski definition) is 3. The molecule has 3 aromatic carbocycles. The summed E-state index contributed by atoms with van der Waals surface area (Å²) in [4.78, 5) is 25.2. The van der Waals surface area contributed by atoms with E-state index in [1.165, 1.54) is 24.3 Å². The van der Waals surface area contributed by atoms with Gasteiger partial charge in [-0.1, -0.05) is 48.5 Å². The third kappa shape index (κ3) is 5.52. The lowest BCUT2D eigenvalue weighted by Gasteiger charge is -2.12. The van der Waals surface area contributed by atoms with Gasteiger partial charge in [0.15, 0.2) is 0 Å². The molecule has 0 heterocycles. The van der Waals surface area contributed by atoms with Gasteiger partial charge in [-0.3, -0.25) is 9.59 Å². The van der Waals surface area contributed by atoms with Gasteiger partial charge in [0.2, 0.25) is 0 Å². The fourth-order valence-corrected chi connectivity index (χ4v) is 2.59. The molecule has 0 fully saturated rings. The highest BCUT2D eigenvalue weighted by atomic mass is 19.1. The molecule has 146 valence electrons. The Bertz CT molecular complexity index is 1030. The fourth-order valence-electron chi connectivity index (χ4n) is 2.59. The van der Waals surface area contributed by atoms with E-state index in [1.807, 2.05) is 0 Å². The Balaban J connectivity index is 1.81. The minimum Gasteiger partial charge on any atom is -0.508 e. The van der Waals surface area contributed by atoms with Crippen LogP contribution in [0.2, 0.25) is 0 Å². The molecule has 0 aliphatic heterocycles. The van der Waals surface area contributed by atoms with Crippen molar-refractivity contribution in [2.45, 2.75) is 6.54 Å². The van der Waals surface area contributed by atoms with Crippen LogP contribution in [0.4, 0.5) is 4.39 Å². The predicted octanol–water partition coefficient (Wildman–Crippen LogP) is 3.62. The van der Waals surface area contributed by atoms with Crippen molar-refractivity contribution in [2.24, 2.45) is 0 Å². The van der Waals surface area contributed by atoms with Crippen molar-refractivity contribution in [1.29, 1.82) is 0 Å². The topological polar surface area (TPSA) is 78.4 Å². The van der Waals surface area contributed by atoms with Gasteiger partial charge >= 0.3 is 0 Å². The highest BCUT2D eigenvalue weighted by molar-refractivity contribution is 6.05. The summed E-state index contributed by atoms with van der Waals surface area (Å²) in [7, 11) is 0. The molecule has 0 unspecified atom stereocenters. The zero-order valence-electron chi connectivity index (χ0n) is 15.4. The third-order valence-electron chi connectivity index (χ3n) is 4.13. The van der Waals surface area contributed by atoms with Gasteiger partial charge in [0.05, 0.1) is 0 Å². The van der Waals surface area contributed by atoms with Gasteiger partial charge in [-0.2, -0.15) is 0 Å². The molecule has 0 saturated heterocycles. The highest BCUT2D eigenvalue weighted by Gasteiger charge is 2.15. The van der Waals surface area contributed by atoms with Crippen molar-refractivity contribution in [1.82, 2.24) is 10.6 Å². The van der Waals surface area contributed by atoms with Crippen molar-refractivity contribution < 1.29 is 19.1 Å². The van der Waals surface area contributed by atoms with E-state index in [-0.39, 0.29) is 18.0 Å². The summed E-state index contributed by atoms with van der Waals surface area (Å²) < 4.78 is 13.8. The molecule has 0 saturated carbocycles. The van der Waals surface area contributed by atoms with Crippen molar-refractivity contribution in [3.8, 4) is 5.75 Å². The number of amides is 2. The van der Waals surface area contributed by atoms with Gasteiger partial charge in [0.25, 0.3) is 11.8 Å². The zero-order chi connectivity index (χ0) is 20.6. The van der Waals surface area contributed by atoms with E-state index in [4.69, 9.17) is 0 Å². The summed E-state index contributed by atoms with van der Waals surface area (Å²) in [6, 6.07) is 20.8. The quantitative estimate of drug-likeness (QED) is 0.563. The standard InChI is InChI=1S/C23H19FN2O3/c24-20-9-5-4-8-18(20)15-25-23(29)21(14-16-10-12-19(27)13-11-16)26-22(28)17-6-2-1-3-7-17/h1-14,27H,15H2,(H,25,29)(H,26,28)/b21-14-. The van der Waals surface area contributed by atoms with E-state index in [9.17, 15) is 19.1 Å². The number of hydrogen-bond acceptors (Lipinski definition) is 3. The van der Waals surface area contributed by atoms with E-state index >= 15 is 0 Å². The lowest BCUT2D eigenvalue weighted by molar-refractivity contribution is -0.117. The Kier molecular flexibility index (Phi) is 6.37. The van der Waals surface area contributed by atoms with E-state index in [2.05, 4.69) is 10.6 Å². The normalized spacial score (nSPS) is 11.0. The van der Waals surface area contributed by atoms with Gasteiger partial charge in [-0.25, -0.2) is 4.39 Å². The molecule has 29 heavy (non-hydrogen) atoms. The molecule has 2 amide bonds. The summed E-state index contributed by atoms with van der Waals surface area (Å²) in [6.07, 6.45) is 1.48. The largest absolute Gasteiger partial charge is 0.508 e. The van der Waals surface area contributed by atoms with Crippen LogP contribution in [-0.4, -0.2) is 16.9 Å². The summed E-state index contributed by atoms with van der Waals surface area (Å²) in [5.41, 5.74) is 1.33. The van der Waals surface area contributed by atoms with Crippen LogP contribution in [0.3, 0.4) is 0 Å². The second-order valence-electron chi connectivity index (χ2n) is 6.24. The van der Waals surface area contributed by atoms with Crippen LogP contribution in [0.15, 0.2) is 84.6 Å². The second-order valence-corrected chi connectivity index (χ2v) is 6.24. The van der Waals surface area contributed by atoms with Crippen LogP contribution in [0.25, 0.3) is 6.08 Å². The summed E-state index contributed by atoms with van der Waals surface area (Å²) in [5.74, 6) is -1.35. The van der Waals surface area contributed by atoms with E-state index < -0.39 is 17.6 Å². The lowest BCUT2D eigenvalue weighted by atomic mass is 10.1. The molecule has 0 aliphatic carbocycles. The first-order valence-corrected chi connectivity index (χ1v) is 8.91. The third-order valence-corrected chi connectivity index (χ3v) is 4.13. The number of benzene rings is 3. The van der Waals surface area contributed by atoms with Crippen LogP contribution < -0.4 is 10.6 Å². The number of nitrogens with one attached hydrogen (secondary N) is 2. The van der Waals surface area contributed by atoms with Gasteiger partial charge in [0, 0.05) is 17.7 Å². The van der Waals surface area contributed by atoms with Crippen molar-refractivity contribution in [2.75, 3.05) is 0 Å². The molecule has 6 heteroatoms. The molecule has 0 atom stereocenters. The average Bonchev–Trinajstić information content (AvgIpc) is 2.74. The van der Waals surface area contributed by atoms with Crippen LogP contribution in [-0.2, 0) is 11.3 Å². The van der Waals surface area contributed by atoms with Crippen LogP contribution in [0.5, 0.6) is 5.75 Å². The maximum absolute atomic E-state index is 13.8. The highest BCUT2D eigenvalue weighted by Crippen LogP contribution is 2.13. The molecule has 5 nitrogen and oxygen atoms in total. The molecule has 0 aromatic heterocycles. The molecule has 3 rings (SSSR count). The van der Waals surface area contributed by atoms with Gasteiger partial charge in [-0.15, -0.1) is 0 Å². The number of aromatic hydroxyl groups is 1. The minimum atomic E-state index is -0.564. The molecule has 3 N–H and O–H groups in total. The summed E-state index contributed by atoms with van der Waals surface area (Å²) in [6.45, 7) is -0.0281. The van der Waals surface area contributed by atoms with E-state index in [0.29, 0.717) is 16.7 Å². The Morgan fingerprint density at radius 3 is 2.24 bits per heavy atom. The Morgan fingerprint density at radius 2 is 1.55 bits per heavy atom. The molecular formula is C23H19FN2O3. The SMILES string of the molecule is O=C(NCc1ccccc1F)/C(=C/c1ccc(O)cc1)NC(=O)c1ccccc1. The maximum Gasteiger partial charge on any atom is 0.268 e. The number of rotatable bonds is 6. The molecule has 0 aliphatic rings. The summed E-state index contributed by atoms with van der Waals surface area (Å²) >= 11 is 0. The van der Waals surface area contributed by atoms with E-state index in [0.717, 1.165) is 0 Å². The first kappa shape index (κ1) is 19.8. The molecule has 0 spiro atoms. The maximum atomic E-state index is 13.8. The average molecular weight is 390 g/mol. The molecule has 0 bridgehead atoms. The fraction of sp³-hybridized carbons (Fsp3) is 0.0435. The predicted molar refractivity (Wildman–Crippen MR) is 108 cm³/mol. The molecule has 3 aromatic rings. The first-order chi connectivity index (χ1) is 14.0. The Labute approximate surface area is 167 Å². The Morgan fingerprint density at radius 1 is 0.897 bits per heavy atom. The second kappa shape index (κ2) is 9.32. The van der Waals surface area contributed by atoms with E-state index in [1.54, 1.807) is 60.7 Å². The number of carbonyl (C=O) groups excluding carboxylic acids is 2. The van der Waals surface area contributed by atoms with Gasteiger partial charge in [0.1, 0.15) is 17.3 Å². The smallest absolute Gasteiger partial charge is 0.268 e. The monoisotopic (exact) mass is 390 g/mol. The zero-order valence-corrected chi connectivity index (χ0v) is 15.4. The van der Waals surface area contributed by atoms with Crippen LogP contribution in [0.1, 0.15) is 21.5 Å². The van der Waals surface area contributed by atoms with Gasteiger partial charge in [-0.05, 0) is 42.0 Å². The number of halogens is 1. The summed E-state index contributed by atoms with van der Waals surface area (Å²) in [5, 5.41) is 14.6. The first-order valence-electron chi connectivity index (χ1n) is 8.91. The van der Waals surface area contributed by atoms with Crippen molar-refractivity contribution in [3.63, 3.8) is 0 Å². The number of phenolic OH excluding ortho intramolecular Hbond substituents is 1. The number of phenols is 1. The van der Waals surface area contributed by atoms with Crippen molar-refractivity contribution in [3.05, 3.63) is 107 Å². The molecular weight excluding hydrogens is 371 g/mol. The Hall–Kier alpha value is -3.93. The van der Waals surface area contributed by atoms with Crippen molar-refractivity contribution >= 4 is 17.9 Å². The lowest BCUT2D eigenvalue weighted by Crippen LogP contribution is -2.34. The minimum absolute atomic E-state index is 0.000817. The van der Waals surface area contributed by atoms with Crippen LogP contribution >= 0.6 is 0 Å². The number of carbonyl (C=O) groups is 2. The van der Waals surface area contributed by atoms with Crippen LogP contribution in [0, 0.1) is 5.82 Å².